The minimum absolute atomic E-state index is 0.0761. The molecular formula is C20H27NO8S. The van der Waals surface area contributed by atoms with Gasteiger partial charge >= 0.3 is 5.97 Å². The largest absolute Gasteiger partial charge is 0.478 e. The van der Waals surface area contributed by atoms with E-state index < -0.39 is 48.3 Å². The number of hydrogen-bond acceptors (Lipinski definition) is 8. The van der Waals surface area contributed by atoms with Crippen LogP contribution in [0, 0.1) is 0 Å². The third kappa shape index (κ3) is 4.96. The summed E-state index contributed by atoms with van der Waals surface area (Å²) in [7, 11) is 0. The molecule has 10 heteroatoms. The van der Waals surface area contributed by atoms with Crippen LogP contribution < -0.4 is 5.32 Å². The minimum atomic E-state index is -1.45. The van der Waals surface area contributed by atoms with E-state index in [0.29, 0.717) is 6.42 Å². The maximum atomic E-state index is 12.8. The van der Waals surface area contributed by atoms with Gasteiger partial charge in [-0.25, -0.2) is 4.79 Å². The maximum Gasteiger partial charge on any atom is 0.336 e. The van der Waals surface area contributed by atoms with E-state index in [4.69, 9.17) is 4.74 Å². The average Bonchev–Trinajstić information content (AvgIpc) is 2.75. The predicted molar refractivity (Wildman–Crippen MR) is 108 cm³/mol. The Hall–Kier alpha value is -1.69. The number of rotatable bonds is 6. The van der Waals surface area contributed by atoms with Crippen LogP contribution in [0.2, 0.25) is 0 Å². The molecule has 7 atom stereocenters. The van der Waals surface area contributed by atoms with Gasteiger partial charge in [-0.2, -0.15) is 0 Å². The highest BCUT2D eigenvalue weighted by atomic mass is 32.2. The molecule has 0 radical (unpaired) electrons. The molecule has 2 fully saturated rings. The van der Waals surface area contributed by atoms with E-state index in [0.717, 1.165) is 19.3 Å². The molecule has 1 aliphatic carbocycles. The first-order chi connectivity index (χ1) is 14.3. The molecule has 1 amide bonds. The molecule has 1 aromatic carbocycles. The fourth-order valence-electron chi connectivity index (χ4n) is 3.89. The SMILES string of the molecule is O=C(O)c1ccccc1C(=O)NC1CCCCC1S[C@@H]1O[C@H](CO)[C@H](O)[C@H](O)[C@H]1O. The van der Waals surface area contributed by atoms with Crippen molar-refractivity contribution in [2.75, 3.05) is 6.61 Å². The number of benzene rings is 1. The van der Waals surface area contributed by atoms with Gasteiger partial charge in [0.05, 0.1) is 17.7 Å². The van der Waals surface area contributed by atoms with Gasteiger partial charge in [0.25, 0.3) is 5.91 Å². The first kappa shape index (κ1) is 23.0. The lowest BCUT2D eigenvalue weighted by Crippen LogP contribution is -2.58. The number of aliphatic hydroxyl groups excluding tert-OH is 4. The summed E-state index contributed by atoms with van der Waals surface area (Å²) in [5, 5.41) is 51.7. The number of carboxylic acids is 1. The second-order valence-electron chi connectivity index (χ2n) is 7.59. The fourth-order valence-corrected chi connectivity index (χ4v) is 5.46. The van der Waals surface area contributed by atoms with Gasteiger partial charge in [-0.05, 0) is 25.0 Å². The Bertz CT molecular complexity index is 760. The van der Waals surface area contributed by atoms with Gasteiger partial charge in [0, 0.05) is 11.3 Å². The highest BCUT2D eigenvalue weighted by molar-refractivity contribution is 8.00. The van der Waals surface area contributed by atoms with Gasteiger partial charge in [0.2, 0.25) is 0 Å². The molecule has 1 heterocycles. The smallest absolute Gasteiger partial charge is 0.336 e. The quantitative estimate of drug-likeness (QED) is 0.356. The molecule has 9 nitrogen and oxygen atoms in total. The number of hydrogen-bond donors (Lipinski definition) is 6. The van der Waals surface area contributed by atoms with E-state index >= 15 is 0 Å². The summed E-state index contributed by atoms with van der Waals surface area (Å²) in [6.45, 7) is -0.501. The van der Waals surface area contributed by atoms with Crippen LogP contribution in [0.25, 0.3) is 0 Å². The Labute approximate surface area is 178 Å². The van der Waals surface area contributed by atoms with E-state index in [2.05, 4.69) is 5.32 Å². The van der Waals surface area contributed by atoms with Crippen LogP contribution in [-0.4, -0.2) is 85.2 Å². The van der Waals surface area contributed by atoms with Gasteiger partial charge < -0.3 is 35.6 Å². The first-order valence-corrected chi connectivity index (χ1v) is 10.9. The highest BCUT2D eigenvalue weighted by Crippen LogP contribution is 2.37. The lowest BCUT2D eigenvalue weighted by molar-refractivity contribution is -0.205. The van der Waals surface area contributed by atoms with E-state index in [1.165, 1.54) is 23.9 Å². The summed E-state index contributed by atoms with van der Waals surface area (Å²) < 4.78 is 5.58. The number of ether oxygens (including phenoxy) is 1. The average molecular weight is 442 g/mol. The number of aromatic carboxylic acids is 1. The van der Waals surface area contributed by atoms with Crippen molar-refractivity contribution >= 4 is 23.6 Å². The Morgan fingerprint density at radius 3 is 2.37 bits per heavy atom. The molecule has 1 aromatic rings. The maximum absolute atomic E-state index is 12.8. The molecule has 1 aliphatic heterocycles. The van der Waals surface area contributed by atoms with Crippen LogP contribution in [0.5, 0.6) is 0 Å². The molecule has 1 saturated heterocycles. The van der Waals surface area contributed by atoms with E-state index in [1.807, 2.05) is 0 Å². The fraction of sp³-hybridized carbons (Fsp3) is 0.600. The zero-order valence-corrected chi connectivity index (χ0v) is 17.1. The standard InChI is InChI=1S/C20H27NO8S/c22-9-13-15(23)16(24)17(25)20(29-13)30-14-8-4-3-7-12(14)21-18(26)10-5-1-2-6-11(10)19(27)28/h1-2,5-6,12-17,20,22-25H,3-4,7-9H2,(H,21,26)(H,27,28)/t12?,13-,14?,15+,16+,17-,20+/m1/s1. The number of carbonyl (C=O) groups is 2. The third-order valence-corrected chi connectivity index (χ3v) is 7.15. The first-order valence-electron chi connectivity index (χ1n) is 9.92. The molecule has 2 aliphatic rings. The second kappa shape index (κ2) is 10.1. The third-order valence-electron chi connectivity index (χ3n) is 5.58. The summed E-state index contributed by atoms with van der Waals surface area (Å²) in [6.07, 6.45) is -2.01. The number of carbonyl (C=O) groups excluding carboxylic acids is 1. The van der Waals surface area contributed by atoms with Crippen molar-refractivity contribution in [1.82, 2.24) is 5.32 Å². The van der Waals surface area contributed by atoms with Crippen molar-refractivity contribution in [3.8, 4) is 0 Å². The number of aliphatic hydroxyl groups is 4. The van der Waals surface area contributed by atoms with Crippen molar-refractivity contribution < 1.29 is 39.9 Å². The van der Waals surface area contributed by atoms with Gasteiger partial charge in [0.15, 0.2) is 0 Å². The van der Waals surface area contributed by atoms with Crippen LogP contribution in [-0.2, 0) is 4.74 Å². The van der Waals surface area contributed by atoms with Crippen LogP contribution in [0.3, 0.4) is 0 Å². The molecular weight excluding hydrogens is 414 g/mol. The van der Waals surface area contributed by atoms with Crippen molar-refractivity contribution in [2.24, 2.45) is 0 Å². The highest BCUT2D eigenvalue weighted by Gasteiger charge is 2.45. The molecule has 3 rings (SSSR count). The molecule has 166 valence electrons. The van der Waals surface area contributed by atoms with Crippen molar-refractivity contribution in [1.29, 1.82) is 0 Å². The Morgan fingerprint density at radius 2 is 1.70 bits per heavy atom. The van der Waals surface area contributed by atoms with Gasteiger partial charge in [0.1, 0.15) is 29.9 Å². The van der Waals surface area contributed by atoms with E-state index in [9.17, 15) is 35.1 Å². The molecule has 0 aromatic heterocycles. The van der Waals surface area contributed by atoms with Crippen molar-refractivity contribution in [2.45, 2.75) is 66.8 Å². The number of amides is 1. The lowest BCUT2D eigenvalue weighted by atomic mass is 9.94. The number of nitrogens with one attached hydrogen (secondary N) is 1. The summed E-state index contributed by atoms with van der Waals surface area (Å²) >= 11 is 1.24. The number of carboxylic acid groups (broad SMARTS) is 1. The van der Waals surface area contributed by atoms with Crippen LogP contribution in [0.1, 0.15) is 46.4 Å². The Kier molecular flexibility index (Phi) is 7.72. The second-order valence-corrected chi connectivity index (χ2v) is 8.93. The molecule has 0 bridgehead atoms. The lowest BCUT2D eigenvalue weighted by Gasteiger charge is -2.42. The van der Waals surface area contributed by atoms with Crippen molar-refractivity contribution in [3.63, 3.8) is 0 Å². The van der Waals surface area contributed by atoms with Crippen molar-refractivity contribution in [3.05, 3.63) is 35.4 Å². The van der Waals surface area contributed by atoms with Crippen LogP contribution >= 0.6 is 11.8 Å². The summed E-state index contributed by atoms with van der Waals surface area (Å²) in [6, 6.07) is 5.70. The summed E-state index contributed by atoms with van der Waals surface area (Å²) in [5.41, 5.74) is -0.884. The molecule has 0 spiro atoms. The monoisotopic (exact) mass is 441 g/mol. The summed E-state index contributed by atoms with van der Waals surface area (Å²) in [4.78, 5) is 24.2. The zero-order chi connectivity index (χ0) is 21.8. The van der Waals surface area contributed by atoms with E-state index in [1.54, 1.807) is 12.1 Å². The Balaban J connectivity index is 1.71. The van der Waals surface area contributed by atoms with Gasteiger partial charge in [-0.3, -0.25) is 4.79 Å². The summed E-state index contributed by atoms with van der Waals surface area (Å²) in [5.74, 6) is -1.67. The van der Waals surface area contributed by atoms with Crippen LogP contribution in [0.15, 0.2) is 24.3 Å². The van der Waals surface area contributed by atoms with E-state index in [-0.39, 0.29) is 22.4 Å². The topological polar surface area (TPSA) is 157 Å². The molecule has 2 unspecified atom stereocenters. The molecule has 30 heavy (non-hydrogen) atoms. The normalized spacial score (nSPS) is 34.3. The van der Waals surface area contributed by atoms with Gasteiger partial charge in [-0.15, -0.1) is 11.8 Å². The zero-order valence-electron chi connectivity index (χ0n) is 16.3. The predicted octanol–water partition coefficient (Wildman–Crippen LogP) is -0.0411. The molecule has 6 N–H and O–H groups in total. The van der Waals surface area contributed by atoms with Gasteiger partial charge in [-0.1, -0.05) is 25.0 Å². The van der Waals surface area contributed by atoms with Crippen LogP contribution in [0.4, 0.5) is 0 Å². The number of thioether (sulfide) groups is 1. The Morgan fingerprint density at radius 1 is 1.03 bits per heavy atom. The molecule has 1 saturated carbocycles. The minimum Gasteiger partial charge on any atom is -0.478 e.